The van der Waals surface area contributed by atoms with Gasteiger partial charge in [-0.05, 0) is 39.3 Å². The first kappa shape index (κ1) is 11.2. The maximum Gasteiger partial charge on any atom is 0.105 e. The summed E-state index contributed by atoms with van der Waals surface area (Å²) in [6, 6.07) is 0. The van der Waals surface area contributed by atoms with E-state index in [2.05, 4.69) is 28.8 Å². The molecule has 0 radical (unpaired) electrons. The smallest absolute Gasteiger partial charge is 0.105 e. The van der Waals surface area contributed by atoms with Gasteiger partial charge in [0.25, 0.3) is 0 Å². The second-order valence-electron chi connectivity index (χ2n) is 3.71. The molecule has 0 spiro atoms. The SMILES string of the molecule is CCCNCCCc1cnc(C)n1C. The van der Waals surface area contributed by atoms with E-state index in [1.54, 1.807) is 0 Å². The first-order valence-corrected chi connectivity index (χ1v) is 5.43. The Morgan fingerprint density at radius 1 is 1.43 bits per heavy atom. The monoisotopic (exact) mass is 195 g/mol. The first-order valence-electron chi connectivity index (χ1n) is 5.43. The zero-order chi connectivity index (χ0) is 10.4. The molecule has 1 heterocycles. The van der Waals surface area contributed by atoms with Gasteiger partial charge in [-0.1, -0.05) is 6.92 Å². The molecule has 1 rings (SSSR count). The summed E-state index contributed by atoms with van der Waals surface area (Å²) in [7, 11) is 2.08. The Bertz CT molecular complexity index is 265. The third-order valence-electron chi connectivity index (χ3n) is 2.53. The summed E-state index contributed by atoms with van der Waals surface area (Å²) in [5.41, 5.74) is 1.33. The van der Waals surface area contributed by atoms with Gasteiger partial charge in [-0.3, -0.25) is 0 Å². The van der Waals surface area contributed by atoms with Crippen molar-refractivity contribution in [3.63, 3.8) is 0 Å². The Hall–Kier alpha value is -0.830. The fraction of sp³-hybridized carbons (Fsp3) is 0.727. The molecule has 0 fully saturated rings. The van der Waals surface area contributed by atoms with E-state index in [0.717, 1.165) is 25.3 Å². The lowest BCUT2D eigenvalue weighted by molar-refractivity contribution is 0.627. The molecule has 1 aromatic heterocycles. The molecular formula is C11H21N3. The average molecular weight is 195 g/mol. The number of hydrogen-bond donors (Lipinski definition) is 1. The van der Waals surface area contributed by atoms with Crippen molar-refractivity contribution in [2.24, 2.45) is 7.05 Å². The van der Waals surface area contributed by atoms with Crippen LogP contribution in [-0.2, 0) is 13.5 Å². The van der Waals surface area contributed by atoms with Crippen LogP contribution in [0.2, 0.25) is 0 Å². The van der Waals surface area contributed by atoms with Gasteiger partial charge in [0.1, 0.15) is 5.82 Å². The molecule has 0 amide bonds. The molecule has 0 saturated carbocycles. The van der Waals surface area contributed by atoms with Crippen LogP contribution in [0.5, 0.6) is 0 Å². The molecule has 0 bridgehead atoms. The molecule has 0 aliphatic carbocycles. The fourth-order valence-electron chi connectivity index (χ4n) is 1.48. The minimum atomic E-state index is 1.10. The quantitative estimate of drug-likeness (QED) is 0.700. The van der Waals surface area contributed by atoms with Crippen LogP contribution in [0.1, 0.15) is 31.3 Å². The molecule has 80 valence electrons. The molecule has 14 heavy (non-hydrogen) atoms. The summed E-state index contributed by atoms with van der Waals surface area (Å²) in [4.78, 5) is 4.27. The van der Waals surface area contributed by atoms with Gasteiger partial charge in [0.2, 0.25) is 0 Å². The Morgan fingerprint density at radius 3 is 2.79 bits per heavy atom. The van der Waals surface area contributed by atoms with Crippen LogP contribution in [0.25, 0.3) is 0 Å². The number of imidazole rings is 1. The van der Waals surface area contributed by atoms with Crippen molar-refractivity contribution >= 4 is 0 Å². The fourth-order valence-corrected chi connectivity index (χ4v) is 1.48. The van der Waals surface area contributed by atoms with Crippen LogP contribution in [0, 0.1) is 6.92 Å². The predicted molar refractivity (Wildman–Crippen MR) is 59.4 cm³/mol. The van der Waals surface area contributed by atoms with E-state index in [9.17, 15) is 0 Å². The lowest BCUT2D eigenvalue weighted by atomic mass is 10.2. The minimum absolute atomic E-state index is 1.10. The highest BCUT2D eigenvalue weighted by molar-refractivity contribution is 5.03. The highest BCUT2D eigenvalue weighted by Crippen LogP contribution is 2.03. The van der Waals surface area contributed by atoms with Gasteiger partial charge in [-0.15, -0.1) is 0 Å². The molecule has 0 atom stereocenters. The van der Waals surface area contributed by atoms with Gasteiger partial charge < -0.3 is 9.88 Å². The number of hydrogen-bond acceptors (Lipinski definition) is 2. The van der Waals surface area contributed by atoms with Gasteiger partial charge in [0.15, 0.2) is 0 Å². The number of aryl methyl sites for hydroxylation is 2. The van der Waals surface area contributed by atoms with E-state index in [1.165, 1.54) is 18.5 Å². The van der Waals surface area contributed by atoms with Crippen LogP contribution >= 0.6 is 0 Å². The standard InChI is InChI=1S/C11H21N3/c1-4-7-12-8-5-6-11-9-13-10(2)14(11)3/h9,12H,4-8H2,1-3H3. The van der Waals surface area contributed by atoms with E-state index in [4.69, 9.17) is 0 Å². The number of rotatable bonds is 6. The minimum Gasteiger partial charge on any atom is -0.335 e. The predicted octanol–water partition coefficient (Wildman–Crippen LogP) is 1.66. The molecule has 0 aromatic carbocycles. The van der Waals surface area contributed by atoms with E-state index < -0.39 is 0 Å². The van der Waals surface area contributed by atoms with Crippen molar-refractivity contribution in [3.05, 3.63) is 17.7 Å². The van der Waals surface area contributed by atoms with Crippen molar-refractivity contribution in [1.82, 2.24) is 14.9 Å². The van der Waals surface area contributed by atoms with Gasteiger partial charge in [0.05, 0.1) is 0 Å². The summed E-state index contributed by atoms with van der Waals surface area (Å²) >= 11 is 0. The van der Waals surface area contributed by atoms with Crippen LogP contribution in [0.15, 0.2) is 6.20 Å². The molecule has 1 aromatic rings. The Morgan fingerprint density at radius 2 is 2.21 bits per heavy atom. The van der Waals surface area contributed by atoms with Crippen LogP contribution in [0.3, 0.4) is 0 Å². The zero-order valence-corrected chi connectivity index (χ0v) is 9.51. The van der Waals surface area contributed by atoms with E-state index in [-0.39, 0.29) is 0 Å². The largest absolute Gasteiger partial charge is 0.335 e. The topological polar surface area (TPSA) is 29.9 Å². The number of aromatic nitrogens is 2. The number of nitrogens with one attached hydrogen (secondary N) is 1. The van der Waals surface area contributed by atoms with Crippen LogP contribution in [-0.4, -0.2) is 22.6 Å². The van der Waals surface area contributed by atoms with E-state index in [1.807, 2.05) is 13.1 Å². The molecular weight excluding hydrogens is 174 g/mol. The molecule has 3 heteroatoms. The Balaban J connectivity index is 2.21. The van der Waals surface area contributed by atoms with Crippen molar-refractivity contribution in [3.8, 4) is 0 Å². The van der Waals surface area contributed by atoms with Crippen molar-refractivity contribution in [2.75, 3.05) is 13.1 Å². The summed E-state index contributed by atoms with van der Waals surface area (Å²) in [6.45, 7) is 6.47. The lowest BCUT2D eigenvalue weighted by Crippen LogP contribution is -2.16. The lowest BCUT2D eigenvalue weighted by Gasteiger charge is -2.04. The van der Waals surface area contributed by atoms with Gasteiger partial charge in [0, 0.05) is 18.9 Å². The molecule has 1 N–H and O–H groups in total. The maximum atomic E-state index is 4.27. The zero-order valence-electron chi connectivity index (χ0n) is 9.51. The maximum absolute atomic E-state index is 4.27. The highest BCUT2D eigenvalue weighted by Gasteiger charge is 2.01. The summed E-state index contributed by atoms with van der Waals surface area (Å²) in [5, 5.41) is 3.40. The molecule has 0 saturated heterocycles. The van der Waals surface area contributed by atoms with E-state index in [0.29, 0.717) is 0 Å². The Kier molecular flexibility index (Phi) is 4.66. The second-order valence-corrected chi connectivity index (χ2v) is 3.71. The molecule has 0 aliphatic rings. The summed E-state index contributed by atoms with van der Waals surface area (Å²) < 4.78 is 2.17. The van der Waals surface area contributed by atoms with E-state index >= 15 is 0 Å². The molecule has 0 aliphatic heterocycles. The third-order valence-corrected chi connectivity index (χ3v) is 2.53. The van der Waals surface area contributed by atoms with Gasteiger partial charge in [-0.2, -0.15) is 0 Å². The normalized spacial score (nSPS) is 10.8. The third kappa shape index (κ3) is 3.14. The molecule has 3 nitrogen and oxygen atoms in total. The van der Waals surface area contributed by atoms with Gasteiger partial charge >= 0.3 is 0 Å². The van der Waals surface area contributed by atoms with Gasteiger partial charge in [-0.25, -0.2) is 4.98 Å². The van der Waals surface area contributed by atoms with Crippen molar-refractivity contribution in [2.45, 2.75) is 33.1 Å². The Labute approximate surface area is 86.5 Å². The van der Waals surface area contributed by atoms with Crippen LogP contribution < -0.4 is 5.32 Å². The summed E-state index contributed by atoms with van der Waals surface area (Å²) in [6.07, 6.45) is 5.51. The van der Waals surface area contributed by atoms with Crippen molar-refractivity contribution in [1.29, 1.82) is 0 Å². The number of nitrogens with zero attached hydrogens (tertiary/aromatic N) is 2. The second kappa shape index (κ2) is 5.81. The average Bonchev–Trinajstić information content (AvgIpc) is 2.49. The molecule has 0 unspecified atom stereocenters. The van der Waals surface area contributed by atoms with Crippen molar-refractivity contribution < 1.29 is 0 Å². The first-order chi connectivity index (χ1) is 6.75. The highest BCUT2D eigenvalue weighted by atomic mass is 15.0. The summed E-state index contributed by atoms with van der Waals surface area (Å²) in [5.74, 6) is 1.10. The van der Waals surface area contributed by atoms with Crippen LogP contribution in [0.4, 0.5) is 0 Å².